The van der Waals surface area contributed by atoms with Crippen molar-refractivity contribution in [3.8, 4) is 0 Å². The van der Waals surface area contributed by atoms with Crippen LogP contribution in [0.3, 0.4) is 0 Å². The second-order valence-corrected chi connectivity index (χ2v) is 6.13. The number of hydrogen-bond donors (Lipinski definition) is 0. The van der Waals surface area contributed by atoms with Gasteiger partial charge in [0.15, 0.2) is 0 Å². The third-order valence-corrected chi connectivity index (χ3v) is 4.56. The molecule has 1 aromatic rings. The van der Waals surface area contributed by atoms with Gasteiger partial charge in [0.1, 0.15) is 0 Å². The molecule has 0 spiro atoms. The maximum Gasteiger partial charge on any atom is 0.238 e. The summed E-state index contributed by atoms with van der Waals surface area (Å²) in [5.74, 6) is -0.369. The standard InChI is InChI=1S/C18H21NO2/c1-3-4-13-6-8-14(9-7-13)19-17(20)15-10-5-12(2)11-16(15)18(19)21/h5-9,15-16H,3-4,10-11H2,1-2H3/t15-,16+/m1/s1. The van der Waals surface area contributed by atoms with Crippen molar-refractivity contribution in [1.82, 2.24) is 0 Å². The quantitative estimate of drug-likeness (QED) is 0.629. The molecule has 0 radical (unpaired) electrons. The summed E-state index contributed by atoms with van der Waals surface area (Å²) in [6.07, 6.45) is 5.64. The van der Waals surface area contributed by atoms with E-state index in [1.54, 1.807) is 0 Å². The van der Waals surface area contributed by atoms with Gasteiger partial charge in [-0.05, 0) is 43.9 Å². The van der Waals surface area contributed by atoms with Crippen LogP contribution in [0.4, 0.5) is 5.69 Å². The Labute approximate surface area is 125 Å². The summed E-state index contributed by atoms with van der Waals surface area (Å²) >= 11 is 0. The Kier molecular flexibility index (Phi) is 3.66. The molecule has 1 aliphatic heterocycles. The highest BCUT2D eigenvalue weighted by Gasteiger charge is 2.48. The zero-order valence-corrected chi connectivity index (χ0v) is 12.6. The summed E-state index contributed by atoms with van der Waals surface area (Å²) < 4.78 is 0. The molecule has 1 aliphatic carbocycles. The Morgan fingerprint density at radius 2 is 1.76 bits per heavy atom. The number of imide groups is 1. The lowest BCUT2D eigenvalue weighted by atomic mass is 9.82. The normalized spacial score (nSPS) is 25.0. The van der Waals surface area contributed by atoms with Gasteiger partial charge in [0.25, 0.3) is 0 Å². The fourth-order valence-electron chi connectivity index (χ4n) is 3.39. The third kappa shape index (κ3) is 2.41. The minimum atomic E-state index is -0.156. The number of carbonyl (C=O) groups excluding carboxylic acids is 2. The Morgan fingerprint density at radius 3 is 2.43 bits per heavy atom. The van der Waals surface area contributed by atoms with Crippen LogP contribution in [0.25, 0.3) is 0 Å². The lowest BCUT2D eigenvalue weighted by molar-refractivity contribution is -0.122. The highest BCUT2D eigenvalue weighted by Crippen LogP contribution is 2.39. The van der Waals surface area contributed by atoms with Gasteiger partial charge in [-0.25, -0.2) is 0 Å². The summed E-state index contributed by atoms with van der Waals surface area (Å²) in [7, 11) is 0. The van der Waals surface area contributed by atoms with Crippen molar-refractivity contribution >= 4 is 17.5 Å². The number of amides is 2. The van der Waals surface area contributed by atoms with E-state index in [1.165, 1.54) is 16.0 Å². The molecule has 2 aliphatic rings. The number of rotatable bonds is 3. The van der Waals surface area contributed by atoms with Gasteiger partial charge in [-0.15, -0.1) is 0 Å². The van der Waals surface area contributed by atoms with E-state index >= 15 is 0 Å². The van der Waals surface area contributed by atoms with Crippen molar-refractivity contribution in [1.29, 1.82) is 0 Å². The minimum Gasteiger partial charge on any atom is -0.274 e. The van der Waals surface area contributed by atoms with Gasteiger partial charge in [-0.2, -0.15) is 0 Å². The number of benzene rings is 1. The smallest absolute Gasteiger partial charge is 0.238 e. The van der Waals surface area contributed by atoms with Crippen LogP contribution in [0.1, 0.15) is 38.7 Å². The first-order valence-electron chi connectivity index (χ1n) is 7.74. The van der Waals surface area contributed by atoms with Gasteiger partial charge >= 0.3 is 0 Å². The molecule has 2 amide bonds. The van der Waals surface area contributed by atoms with Crippen LogP contribution in [0, 0.1) is 11.8 Å². The molecule has 0 aromatic heterocycles. The largest absolute Gasteiger partial charge is 0.274 e. The number of aryl methyl sites for hydroxylation is 1. The van der Waals surface area contributed by atoms with Gasteiger partial charge in [0.05, 0.1) is 17.5 Å². The van der Waals surface area contributed by atoms with Crippen molar-refractivity contribution in [2.45, 2.75) is 39.5 Å². The average Bonchev–Trinajstić information content (AvgIpc) is 2.72. The van der Waals surface area contributed by atoms with Gasteiger partial charge in [-0.3, -0.25) is 14.5 Å². The molecule has 2 atom stereocenters. The molecule has 1 fully saturated rings. The molecule has 110 valence electrons. The summed E-state index contributed by atoms with van der Waals surface area (Å²) in [6, 6.07) is 7.84. The first kappa shape index (κ1) is 14.1. The Balaban J connectivity index is 1.86. The van der Waals surface area contributed by atoms with E-state index in [0.717, 1.165) is 24.9 Å². The zero-order chi connectivity index (χ0) is 15.0. The van der Waals surface area contributed by atoms with Crippen LogP contribution in [-0.2, 0) is 16.0 Å². The number of hydrogen-bond acceptors (Lipinski definition) is 2. The van der Waals surface area contributed by atoms with Crippen molar-refractivity contribution in [2.24, 2.45) is 11.8 Å². The molecule has 1 aromatic carbocycles. The van der Waals surface area contributed by atoms with Crippen LogP contribution in [0.5, 0.6) is 0 Å². The lowest BCUT2D eigenvalue weighted by Crippen LogP contribution is -2.30. The van der Waals surface area contributed by atoms with E-state index in [4.69, 9.17) is 0 Å². The van der Waals surface area contributed by atoms with Crippen molar-refractivity contribution in [2.75, 3.05) is 4.90 Å². The first-order valence-corrected chi connectivity index (χ1v) is 7.74. The van der Waals surface area contributed by atoms with E-state index in [-0.39, 0.29) is 23.7 Å². The van der Waals surface area contributed by atoms with Crippen LogP contribution >= 0.6 is 0 Å². The molecule has 1 saturated heterocycles. The summed E-state index contributed by atoms with van der Waals surface area (Å²) in [6.45, 7) is 4.18. The molecule has 0 bridgehead atoms. The highest BCUT2D eigenvalue weighted by molar-refractivity contribution is 6.22. The SMILES string of the molecule is CCCc1ccc(N2C(=O)[C@H]3CC(C)=CC[C@H]3C2=O)cc1. The van der Waals surface area contributed by atoms with E-state index in [2.05, 4.69) is 13.0 Å². The van der Waals surface area contributed by atoms with Crippen LogP contribution in [0.15, 0.2) is 35.9 Å². The van der Waals surface area contributed by atoms with Crippen LogP contribution in [0.2, 0.25) is 0 Å². The molecule has 3 rings (SSSR count). The number of allylic oxidation sites excluding steroid dienone is 2. The second kappa shape index (κ2) is 5.47. The molecule has 0 unspecified atom stereocenters. The van der Waals surface area contributed by atoms with Crippen LogP contribution < -0.4 is 4.90 Å². The summed E-state index contributed by atoms with van der Waals surface area (Å²) in [4.78, 5) is 26.5. The molecule has 1 heterocycles. The predicted octanol–water partition coefficient (Wildman–Crippen LogP) is 3.48. The lowest BCUT2D eigenvalue weighted by Gasteiger charge is -2.18. The van der Waals surface area contributed by atoms with Gasteiger partial charge < -0.3 is 0 Å². The summed E-state index contributed by atoms with van der Waals surface area (Å²) in [5.41, 5.74) is 3.18. The number of nitrogens with zero attached hydrogens (tertiary/aromatic N) is 1. The van der Waals surface area contributed by atoms with Crippen molar-refractivity contribution in [3.05, 3.63) is 41.5 Å². The Morgan fingerprint density at radius 1 is 1.10 bits per heavy atom. The van der Waals surface area contributed by atoms with Crippen LogP contribution in [-0.4, -0.2) is 11.8 Å². The maximum absolute atomic E-state index is 12.6. The van der Waals surface area contributed by atoms with Crippen molar-refractivity contribution in [3.63, 3.8) is 0 Å². The van der Waals surface area contributed by atoms with Crippen molar-refractivity contribution < 1.29 is 9.59 Å². The molecular formula is C18H21NO2. The molecular weight excluding hydrogens is 262 g/mol. The Hall–Kier alpha value is -1.90. The number of anilines is 1. The molecule has 3 nitrogen and oxygen atoms in total. The molecule has 0 saturated carbocycles. The number of carbonyl (C=O) groups is 2. The first-order chi connectivity index (χ1) is 10.1. The third-order valence-electron chi connectivity index (χ3n) is 4.56. The predicted molar refractivity (Wildman–Crippen MR) is 82.9 cm³/mol. The van der Waals surface area contributed by atoms with Gasteiger partial charge in [0.2, 0.25) is 11.8 Å². The molecule has 0 N–H and O–H groups in total. The van der Waals surface area contributed by atoms with E-state index in [1.807, 2.05) is 31.2 Å². The fraction of sp³-hybridized carbons (Fsp3) is 0.444. The topological polar surface area (TPSA) is 37.4 Å². The highest BCUT2D eigenvalue weighted by atomic mass is 16.2. The monoisotopic (exact) mass is 283 g/mol. The van der Waals surface area contributed by atoms with Gasteiger partial charge in [0, 0.05) is 0 Å². The van der Waals surface area contributed by atoms with Gasteiger partial charge in [-0.1, -0.05) is 37.1 Å². The fourth-order valence-corrected chi connectivity index (χ4v) is 3.39. The van der Waals surface area contributed by atoms with E-state index < -0.39 is 0 Å². The maximum atomic E-state index is 12.6. The average molecular weight is 283 g/mol. The number of fused-ring (bicyclic) bond motifs is 1. The van der Waals surface area contributed by atoms with E-state index in [9.17, 15) is 9.59 Å². The molecule has 3 heteroatoms. The Bertz CT molecular complexity index is 600. The summed E-state index contributed by atoms with van der Waals surface area (Å²) in [5, 5.41) is 0. The zero-order valence-electron chi connectivity index (χ0n) is 12.6. The van der Waals surface area contributed by atoms with E-state index in [0.29, 0.717) is 6.42 Å². The second-order valence-electron chi connectivity index (χ2n) is 6.13. The molecule has 21 heavy (non-hydrogen) atoms. The minimum absolute atomic E-state index is 0.0271.